The van der Waals surface area contributed by atoms with Crippen molar-refractivity contribution in [2.75, 3.05) is 26.2 Å². The van der Waals surface area contributed by atoms with Gasteiger partial charge in [-0.2, -0.15) is 0 Å². The Balaban J connectivity index is 1.57. The summed E-state index contributed by atoms with van der Waals surface area (Å²) in [6, 6.07) is 8.06. The number of carbonyl (C=O) groups excluding carboxylic acids is 2. The zero-order valence-electron chi connectivity index (χ0n) is 19.8. The first-order valence-electron chi connectivity index (χ1n) is 12.0. The molecule has 34 heavy (non-hydrogen) atoms. The molecule has 2 aliphatic rings. The van der Waals surface area contributed by atoms with Crippen LogP contribution < -0.4 is 5.56 Å². The summed E-state index contributed by atoms with van der Waals surface area (Å²) in [7, 11) is 0. The average molecular weight is 470 g/mol. The number of hydrogen-bond donors (Lipinski definition) is 1. The molecular formula is C26H32FN3O4. The molecule has 0 bridgehead atoms. The van der Waals surface area contributed by atoms with Gasteiger partial charge in [-0.05, 0) is 49.3 Å². The molecule has 2 amide bonds. The van der Waals surface area contributed by atoms with Crippen molar-refractivity contribution >= 4 is 11.8 Å². The minimum Gasteiger partial charge on any atom is -0.370 e. The second-order valence-electron chi connectivity index (χ2n) is 9.63. The molecule has 0 spiro atoms. The maximum Gasteiger partial charge on any atom is 0.261 e. The number of nitrogens with one attached hydrogen (secondary N) is 1. The number of nitrogens with zero attached hydrogens (tertiary/aromatic N) is 2. The van der Waals surface area contributed by atoms with Gasteiger partial charge in [0.25, 0.3) is 11.5 Å². The summed E-state index contributed by atoms with van der Waals surface area (Å²) >= 11 is 0. The second kappa shape index (κ2) is 10.5. The second-order valence-corrected chi connectivity index (χ2v) is 9.63. The van der Waals surface area contributed by atoms with Crippen LogP contribution in [0, 0.1) is 11.7 Å². The van der Waals surface area contributed by atoms with Crippen molar-refractivity contribution in [3.05, 3.63) is 68.9 Å². The Morgan fingerprint density at radius 3 is 2.71 bits per heavy atom. The molecule has 1 N–H and O–H groups in total. The minimum absolute atomic E-state index is 0.0303. The molecular weight excluding hydrogens is 437 g/mol. The van der Waals surface area contributed by atoms with E-state index in [2.05, 4.69) is 4.98 Å². The fourth-order valence-corrected chi connectivity index (χ4v) is 4.68. The highest BCUT2D eigenvalue weighted by molar-refractivity contribution is 5.96. The summed E-state index contributed by atoms with van der Waals surface area (Å²) in [4.78, 5) is 45.1. The highest BCUT2D eigenvalue weighted by Gasteiger charge is 2.33. The number of aromatic amines is 1. The van der Waals surface area contributed by atoms with Gasteiger partial charge in [0.1, 0.15) is 17.9 Å². The molecule has 8 heteroatoms. The molecule has 7 nitrogen and oxygen atoms in total. The molecule has 4 rings (SSSR count). The predicted molar refractivity (Wildman–Crippen MR) is 126 cm³/mol. The van der Waals surface area contributed by atoms with Crippen LogP contribution in [-0.2, 0) is 29.0 Å². The van der Waals surface area contributed by atoms with Crippen LogP contribution in [0.2, 0.25) is 0 Å². The first-order chi connectivity index (χ1) is 16.3. The van der Waals surface area contributed by atoms with Gasteiger partial charge in [0.05, 0.1) is 12.7 Å². The molecule has 2 heterocycles. The van der Waals surface area contributed by atoms with E-state index in [1.165, 1.54) is 11.0 Å². The largest absolute Gasteiger partial charge is 0.370 e. The highest BCUT2D eigenvalue weighted by Crippen LogP contribution is 2.20. The standard InChI is InChI=1S/C26H32FN3O4/c1-17(2)12-29-13-20(34-16-19-8-3-5-9-22(19)27)14-30(15-24(29)31)26(33)21-11-18-7-4-6-10-23(18)28-25(21)32/h3,5,8-9,11,17,20H,4,6-7,10,12-16H2,1-2H3,(H,28,32)/t20-/m1/s1. The summed E-state index contributed by atoms with van der Waals surface area (Å²) in [5, 5.41) is 0. The molecule has 1 atom stereocenters. The zero-order chi connectivity index (χ0) is 24.2. The summed E-state index contributed by atoms with van der Waals surface area (Å²) in [5.74, 6) is -0.788. The molecule has 0 unspecified atom stereocenters. The first kappa shape index (κ1) is 24.1. The number of fused-ring (bicyclic) bond motifs is 1. The number of halogens is 1. The van der Waals surface area contributed by atoms with E-state index in [4.69, 9.17) is 4.74 Å². The van der Waals surface area contributed by atoms with Gasteiger partial charge in [-0.1, -0.05) is 32.0 Å². The molecule has 1 aliphatic carbocycles. The smallest absolute Gasteiger partial charge is 0.261 e. The molecule has 1 aromatic carbocycles. The zero-order valence-corrected chi connectivity index (χ0v) is 19.8. The Bertz CT molecular complexity index is 1110. The van der Waals surface area contributed by atoms with E-state index >= 15 is 0 Å². The summed E-state index contributed by atoms with van der Waals surface area (Å²) in [6.45, 7) is 4.91. The Kier molecular flexibility index (Phi) is 7.46. The lowest BCUT2D eigenvalue weighted by Gasteiger charge is -2.26. The SMILES string of the molecule is CC(C)CN1C[C@@H](OCc2ccccc2F)CN(C(=O)c2cc3c([nH]c2=O)CCCC3)CC1=O. The van der Waals surface area contributed by atoms with Gasteiger partial charge in [-0.25, -0.2) is 4.39 Å². The third kappa shape index (κ3) is 5.55. The molecule has 1 aromatic heterocycles. The summed E-state index contributed by atoms with van der Waals surface area (Å²) in [6.07, 6.45) is 3.15. The van der Waals surface area contributed by atoms with E-state index in [0.717, 1.165) is 36.9 Å². The molecule has 0 radical (unpaired) electrons. The molecule has 182 valence electrons. The highest BCUT2D eigenvalue weighted by atomic mass is 19.1. The van der Waals surface area contributed by atoms with Crippen LogP contribution in [0.1, 0.15) is 53.9 Å². The van der Waals surface area contributed by atoms with Crippen molar-refractivity contribution in [1.82, 2.24) is 14.8 Å². The van der Waals surface area contributed by atoms with Crippen LogP contribution in [0.25, 0.3) is 0 Å². The van der Waals surface area contributed by atoms with E-state index in [-0.39, 0.29) is 42.9 Å². The number of H-pyrrole nitrogens is 1. The van der Waals surface area contributed by atoms with Crippen molar-refractivity contribution < 1.29 is 18.7 Å². The van der Waals surface area contributed by atoms with Crippen LogP contribution >= 0.6 is 0 Å². The normalized spacial score (nSPS) is 18.7. The van der Waals surface area contributed by atoms with Gasteiger partial charge in [0.2, 0.25) is 5.91 Å². The predicted octanol–water partition coefficient (Wildman–Crippen LogP) is 2.92. The quantitative estimate of drug-likeness (QED) is 0.705. The third-order valence-electron chi connectivity index (χ3n) is 6.40. The Hall–Kier alpha value is -3.00. The molecule has 1 fully saturated rings. The van der Waals surface area contributed by atoms with Gasteiger partial charge < -0.3 is 19.5 Å². The first-order valence-corrected chi connectivity index (χ1v) is 12.0. The number of hydrogen-bond acceptors (Lipinski definition) is 4. The number of carbonyl (C=O) groups is 2. The van der Waals surface area contributed by atoms with Crippen LogP contribution in [-0.4, -0.2) is 58.9 Å². The van der Waals surface area contributed by atoms with Crippen LogP contribution in [0.3, 0.4) is 0 Å². The van der Waals surface area contributed by atoms with Crippen molar-refractivity contribution in [3.63, 3.8) is 0 Å². The van der Waals surface area contributed by atoms with Gasteiger partial charge in [-0.15, -0.1) is 0 Å². The fraction of sp³-hybridized carbons (Fsp3) is 0.500. The molecule has 1 aliphatic heterocycles. The van der Waals surface area contributed by atoms with E-state index in [9.17, 15) is 18.8 Å². The lowest BCUT2D eigenvalue weighted by Crippen LogP contribution is -2.42. The monoisotopic (exact) mass is 469 g/mol. The lowest BCUT2D eigenvalue weighted by atomic mass is 9.95. The van der Waals surface area contributed by atoms with Crippen LogP contribution in [0.4, 0.5) is 4.39 Å². The summed E-state index contributed by atoms with van der Waals surface area (Å²) in [5.41, 5.74) is 1.93. The lowest BCUT2D eigenvalue weighted by molar-refractivity contribution is -0.132. The number of rotatable bonds is 6. The maximum absolute atomic E-state index is 14.1. The van der Waals surface area contributed by atoms with Gasteiger partial charge >= 0.3 is 0 Å². The van der Waals surface area contributed by atoms with Crippen molar-refractivity contribution in [3.8, 4) is 0 Å². The van der Waals surface area contributed by atoms with E-state index in [1.807, 2.05) is 13.8 Å². The van der Waals surface area contributed by atoms with E-state index in [1.54, 1.807) is 29.2 Å². The average Bonchev–Trinajstić information content (AvgIpc) is 2.96. The number of aromatic nitrogens is 1. The number of pyridine rings is 1. The van der Waals surface area contributed by atoms with E-state index in [0.29, 0.717) is 18.7 Å². The summed E-state index contributed by atoms with van der Waals surface area (Å²) < 4.78 is 20.1. The van der Waals surface area contributed by atoms with Crippen LogP contribution in [0.5, 0.6) is 0 Å². The minimum atomic E-state index is -0.509. The number of ether oxygens (including phenoxy) is 1. The molecule has 0 saturated carbocycles. The van der Waals surface area contributed by atoms with Gasteiger partial charge in [0, 0.05) is 30.9 Å². The van der Waals surface area contributed by atoms with E-state index < -0.39 is 17.6 Å². The number of benzene rings is 1. The third-order valence-corrected chi connectivity index (χ3v) is 6.40. The van der Waals surface area contributed by atoms with Crippen molar-refractivity contribution in [2.45, 2.75) is 52.2 Å². The Labute approximate surface area is 198 Å². The van der Waals surface area contributed by atoms with Crippen molar-refractivity contribution in [2.24, 2.45) is 5.92 Å². The molecule has 2 aromatic rings. The molecule has 1 saturated heterocycles. The Morgan fingerprint density at radius 2 is 1.94 bits per heavy atom. The van der Waals surface area contributed by atoms with Gasteiger partial charge in [0.15, 0.2) is 0 Å². The fourth-order valence-electron chi connectivity index (χ4n) is 4.68. The number of amides is 2. The Morgan fingerprint density at radius 1 is 1.18 bits per heavy atom. The number of aryl methyl sites for hydroxylation is 2. The maximum atomic E-state index is 14.1. The van der Waals surface area contributed by atoms with Gasteiger partial charge in [-0.3, -0.25) is 14.4 Å². The van der Waals surface area contributed by atoms with Crippen LogP contribution in [0.15, 0.2) is 35.1 Å². The topological polar surface area (TPSA) is 82.7 Å². The van der Waals surface area contributed by atoms with Crippen molar-refractivity contribution in [1.29, 1.82) is 0 Å².